The third-order valence-corrected chi connectivity index (χ3v) is 3.80. The zero-order chi connectivity index (χ0) is 13.2. The van der Waals surface area contributed by atoms with Crippen LogP contribution in [0.15, 0.2) is 36.5 Å². The van der Waals surface area contributed by atoms with E-state index in [9.17, 15) is 4.79 Å². The average molecular weight is 254 g/mol. The van der Waals surface area contributed by atoms with Gasteiger partial charge in [-0.05, 0) is 42.5 Å². The van der Waals surface area contributed by atoms with Crippen molar-refractivity contribution in [3.63, 3.8) is 0 Å². The molecule has 1 saturated carbocycles. The third kappa shape index (κ3) is 2.46. The number of carbonyl (C=O) groups is 1. The van der Waals surface area contributed by atoms with Crippen molar-refractivity contribution in [3.8, 4) is 5.69 Å². The van der Waals surface area contributed by atoms with Gasteiger partial charge >= 0.3 is 0 Å². The van der Waals surface area contributed by atoms with E-state index in [2.05, 4.69) is 36.3 Å². The fraction of sp³-hybridized carbons (Fsp3) is 0.375. The highest BCUT2D eigenvalue weighted by molar-refractivity contribution is 5.52. The zero-order valence-electron chi connectivity index (χ0n) is 11.1. The highest BCUT2D eigenvalue weighted by Gasteiger charge is 2.27. The number of aldehydes is 1. The second-order valence-electron chi connectivity index (χ2n) is 5.34. The van der Waals surface area contributed by atoms with Crippen molar-refractivity contribution in [3.05, 3.63) is 47.8 Å². The first-order valence-electron chi connectivity index (χ1n) is 6.87. The van der Waals surface area contributed by atoms with Crippen molar-refractivity contribution in [1.82, 2.24) is 9.78 Å². The van der Waals surface area contributed by atoms with Gasteiger partial charge in [-0.2, -0.15) is 5.10 Å². The van der Waals surface area contributed by atoms with Gasteiger partial charge in [0.05, 0.1) is 5.69 Å². The van der Waals surface area contributed by atoms with E-state index in [0.29, 0.717) is 12.3 Å². The Bertz CT molecular complexity index is 584. The van der Waals surface area contributed by atoms with E-state index >= 15 is 0 Å². The lowest BCUT2D eigenvalue weighted by molar-refractivity contribution is -0.108. The summed E-state index contributed by atoms with van der Waals surface area (Å²) >= 11 is 0. The Morgan fingerprint density at radius 2 is 2.26 bits per heavy atom. The molecule has 1 aromatic heterocycles. The Morgan fingerprint density at radius 1 is 1.42 bits per heavy atom. The number of hydrogen-bond donors (Lipinski definition) is 0. The van der Waals surface area contributed by atoms with Gasteiger partial charge in [0.2, 0.25) is 0 Å². The van der Waals surface area contributed by atoms with Crippen LogP contribution in [0.25, 0.3) is 5.69 Å². The van der Waals surface area contributed by atoms with Crippen molar-refractivity contribution < 1.29 is 4.79 Å². The number of aromatic nitrogens is 2. The first-order chi connectivity index (χ1) is 9.29. The number of benzene rings is 1. The van der Waals surface area contributed by atoms with Crippen LogP contribution >= 0.6 is 0 Å². The average Bonchev–Trinajstić information content (AvgIpc) is 3.16. The maximum atomic E-state index is 10.6. The van der Waals surface area contributed by atoms with E-state index in [0.717, 1.165) is 12.0 Å². The summed E-state index contributed by atoms with van der Waals surface area (Å²) in [5.41, 5.74) is 3.60. The predicted octanol–water partition coefficient (Wildman–Crippen LogP) is 3.44. The van der Waals surface area contributed by atoms with Crippen LogP contribution in [0.3, 0.4) is 0 Å². The van der Waals surface area contributed by atoms with Gasteiger partial charge < -0.3 is 4.79 Å². The molecule has 19 heavy (non-hydrogen) atoms. The van der Waals surface area contributed by atoms with E-state index < -0.39 is 0 Å². The molecule has 1 aliphatic carbocycles. The Morgan fingerprint density at radius 3 is 3.00 bits per heavy atom. The fourth-order valence-electron chi connectivity index (χ4n) is 2.46. The van der Waals surface area contributed by atoms with Crippen LogP contribution in [-0.4, -0.2) is 16.1 Å². The molecule has 3 nitrogen and oxygen atoms in total. The molecule has 1 heterocycles. The number of rotatable bonds is 5. The molecule has 1 fully saturated rings. The van der Waals surface area contributed by atoms with Crippen LogP contribution in [0.2, 0.25) is 0 Å². The SMILES string of the molecule is CC(CC=O)c1cccc(-n2nccc2C2CC2)c1. The summed E-state index contributed by atoms with van der Waals surface area (Å²) in [7, 11) is 0. The number of hydrogen-bond acceptors (Lipinski definition) is 2. The summed E-state index contributed by atoms with van der Waals surface area (Å²) in [6.45, 7) is 2.08. The number of carbonyl (C=O) groups excluding carboxylic acids is 1. The van der Waals surface area contributed by atoms with Gasteiger partial charge in [-0.3, -0.25) is 0 Å². The first-order valence-corrected chi connectivity index (χ1v) is 6.87. The molecule has 3 rings (SSSR count). The topological polar surface area (TPSA) is 34.9 Å². The molecule has 1 aromatic carbocycles. The van der Waals surface area contributed by atoms with Crippen LogP contribution in [0.4, 0.5) is 0 Å². The Labute approximate surface area is 113 Å². The Balaban J connectivity index is 1.94. The summed E-state index contributed by atoms with van der Waals surface area (Å²) in [5.74, 6) is 0.941. The molecule has 2 aromatic rings. The number of nitrogens with zero attached hydrogens (tertiary/aromatic N) is 2. The maximum absolute atomic E-state index is 10.6. The van der Waals surface area contributed by atoms with Crippen molar-refractivity contribution in [2.75, 3.05) is 0 Å². The van der Waals surface area contributed by atoms with Gasteiger partial charge in [0.15, 0.2) is 0 Å². The molecule has 0 N–H and O–H groups in total. The third-order valence-electron chi connectivity index (χ3n) is 3.80. The lowest BCUT2D eigenvalue weighted by Crippen LogP contribution is -2.03. The Hall–Kier alpha value is -1.90. The summed E-state index contributed by atoms with van der Waals surface area (Å²) < 4.78 is 2.04. The van der Waals surface area contributed by atoms with Crippen LogP contribution < -0.4 is 0 Å². The van der Waals surface area contributed by atoms with Crippen LogP contribution in [0, 0.1) is 0 Å². The molecular weight excluding hydrogens is 236 g/mol. The van der Waals surface area contributed by atoms with Crippen molar-refractivity contribution in [2.24, 2.45) is 0 Å². The van der Waals surface area contributed by atoms with E-state index in [4.69, 9.17) is 0 Å². The predicted molar refractivity (Wildman–Crippen MR) is 74.6 cm³/mol. The highest BCUT2D eigenvalue weighted by atomic mass is 16.1. The maximum Gasteiger partial charge on any atom is 0.120 e. The van der Waals surface area contributed by atoms with E-state index in [1.807, 2.05) is 16.9 Å². The molecular formula is C16H18N2O. The molecule has 0 aliphatic heterocycles. The minimum absolute atomic E-state index is 0.261. The minimum Gasteiger partial charge on any atom is -0.303 e. The molecule has 1 unspecified atom stereocenters. The van der Waals surface area contributed by atoms with Crippen LogP contribution in [0.1, 0.15) is 49.3 Å². The smallest absolute Gasteiger partial charge is 0.120 e. The zero-order valence-corrected chi connectivity index (χ0v) is 11.1. The van der Waals surface area contributed by atoms with E-state index in [1.54, 1.807) is 0 Å². The molecule has 98 valence electrons. The molecule has 0 spiro atoms. The molecule has 0 amide bonds. The minimum atomic E-state index is 0.261. The molecule has 0 radical (unpaired) electrons. The molecule has 1 atom stereocenters. The lowest BCUT2D eigenvalue weighted by atomic mass is 9.98. The largest absolute Gasteiger partial charge is 0.303 e. The van der Waals surface area contributed by atoms with Gasteiger partial charge in [-0.1, -0.05) is 19.1 Å². The first kappa shape index (κ1) is 12.2. The van der Waals surface area contributed by atoms with Crippen molar-refractivity contribution >= 4 is 6.29 Å². The molecule has 0 saturated heterocycles. The van der Waals surface area contributed by atoms with Crippen LogP contribution in [0.5, 0.6) is 0 Å². The second kappa shape index (κ2) is 5.00. The van der Waals surface area contributed by atoms with Gasteiger partial charge in [-0.25, -0.2) is 4.68 Å². The molecule has 3 heteroatoms. The van der Waals surface area contributed by atoms with Gasteiger partial charge in [0, 0.05) is 24.2 Å². The lowest BCUT2D eigenvalue weighted by Gasteiger charge is -2.12. The van der Waals surface area contributed by atoms with E-state index in [1.165, 1.54) is 24.1 Å². The van der Waals surface area contributed by atoms with Gasteiger partial charge in [0.1, 0.15) is 6.29 Å². The van der Waals surface area contributed by atoms with Gasteiger partial charge in [0.25, 0.3) is 0 Å². The second-order valence-corrected chi connectivity index (χ2v) is 5.34. The van der Waals surface area contributed by atoms with Crippen LogP contribution in [-0.2, 0) is 4.79 Å². The van der Waals surface area contributed by atoms with Gasteiger partial charge in [-0.15, -0.1) is 0 Å². The highest BCUT2D eigenvalue weighted by Crippen LogP contribution is 2.40. The summed E-state index contributed by atoms with van der Waals surface area (Å²) in [6, 6.07) is 10.5. The standard InChI is InChI=1S/C16H18N2O/c1-12(8-10-19)14-3-2-4-15(11-14)18-16(7-9-17-18)13-5-6-13/h2-4,7,9-13H,5-6,8H2,1H3. The normalized spacial score (nSPS) is 16.3. The Kier molecular flexibility index (Phi) is 3.20. The van der Waals surface area contributed by atoms with Crippen molar-refractivity contribution in [1.29, 1.82) is 0 Å². The summed E-state index contributed by atoms with van der Waals surface area (Å²) in [4.78, 5) is 10.6. The quantitative estimate of drug-likeness (QED) is 0.766. The summed E-state index contributed by atoms with van der Waals surface area (Å²) in [6.07, 6.45) is 5.97. The monoisotopic (exact) mass is 254 g/mol. The molecule has 1 aliphatic rings. The fourth-order valence-corrected chi connectivity index (χ4v) is 2.46. The molecule has 0 bridgehead atoms. The van der Waals surface area contributed by atoms with E-state index in [-0.39, 0.29) is 5.92 Å². The van der Waals surface area contributed by atoms with Crippen molar-refractivity contribution in [2.45, 2.75) is 38.0 Å². The summed E-state index contributed by atoms with van der Waals surface area (Å²) in [5, 5.41) is 4.44.